The fraction of sp³-hybridized carbons (Fsp3) is 0.182. The zero-order valence-electron chi connectivity index (χ0n) is 9.06. The van der Waals surface area contributed by atoms with Gasteiger partial charge in [-0.05, 0) is 6.92 Å². The summed E-state index contributed by atoms with van der Waals surface area (Å²) in [5.74, 6) is 0.112. The van der Waals surface area contributed by atoms with Crippen LogP contribution in [0.25, 0.3) is 22.1 Å². The van der Waals surface area contributed by atoms with E-state index in [1.165, 1.54) is 6.20 Å². The average Bonchev–Trinajstić information content (AvgIpc) is 2.70. The molecular formula is C11H9N3O3. The fourth-order valence-electron chi connectivity index (χ4n) is 1.73. The number of hydrogen-bond donors (Lipinski definition) is 1. The summed E-state index contributed by atoms with van der Waals surface area (Å²) in [5, 5.41) is 0. The molecule has 0 atom stereocenters. The fourth-order valence-corrected chi connectivity index (χ4v) is 1.73. The lowest BCUT2D eigenvalue weighted by Crippen LogP contribution is -1.94. The van der Waals surface area contributed by atoms with Crippen molar-refractivity contribution in [2.24, 2.45) is 0 Å². The topological polar surface area (TPSA) is 81.0 Å². The number of aromatic amines is 1. The van der Waals surface area contributed by atoms with E-state index in [-0.39, 0.29) is 0 Å². The second-order valence-electron chi connectivity index (χ2n) is 3.45. The van der Waals surface area contributed by atoms with Gasteiger partial charge in [0.1, 0.15) is 22.3 Å². The lowest BCUT2D eigenvalue weighted by molar-refractivity contribution is 0.343. The lowest BCUT2D eigenvalue weighted by atomic mass is 10.3. The second-order valence-corrected chi connectivity index (χ2v) is 3.45. The van der Waals surface area contributed by atoms with Crippen molar-refractivity contribution in [1.82, 2.24) is 15.0 Å². The van der Waals surface area contributed by atoms with Crippen molar-refractivity contribution in [3.8, 4) is 5.75 Å². The van der Waals surface area contributed by atoms with Gasteiger partial charge in [-0.15, -0.1) is 0 Å². The van der Waals surface area contributed by atoms with Crippen LogP contribution in [0.15, 0.2) is 27.7 Å². The second kappa shape index (κ2) is 3.58. The van der Waals surface area contributed by atoms with E-state index in [0.717, 1.165) is 0 Å². The van der Waals surface area contributed by atoms with E-state index in [0.29, 0.717) is 34.5 Å². The Labute approximate surface area is 95.3 Å². The summed E-state index contributed by atoms with van der Waals surface area (Å²) in [6.45, 7) is 2.43. The van der Waals surface area contributed by atoms with Gasteiger partial charge in [-0.3, -0.25) is 9.97 Å². The smallest absolute Gasteiger partial charge is 0.417 e. The molecule has 0 saturated carbocycles. The molecule has 0 aliphatic rings. The molecule has 3 aromatic rings. The van der Waals surface area contributed by atoms with Gasteiger partial charge in [0.2, 0.25) is 0 Å². The minimum atomic E-state index is -0.516. The van der Waals surface area contributed by atoms with Crippen LogP contribution in [0.5, 0.6) is 5.75 Å². The molecule has 6 nitrogen and oxygen atoms in total. The number of ether oxygens (including phenoxy) is 1. The van der Waals surface area contributed by atoms with Crippen molar-refractivity contribution >= 4 is 22.1 Å². The summed E-state index contributed by atoms with van der Waals surface area (Å²) in [4.78, 5) is 22.1. The first-order chi connectivity index (χ1) is 8.29. The molecular weight excluding hydrogens is 222 g/mol. The first-order valence-corrected chi connectivity index (χ1v) is 5.19. The van der Waals surface area contributed by atoms with Gasteiger partial charge in [0.25, 0.3) is 0 Å². The van der Waals surface area contributed by atoms with Crippen molar-refractivity contribution < 1.29 is 9.15 Å². The first-order valence-electron chi connectivity index (χ1n) is 5.19. The Morgan fingerprint density at radius 2 is 2.29 bits per heavy atom. The minimum Gasteiger partial charge on any atom is -0.491 e. The third-order valence-electron chi connectivity index (χ3n) is 2.40. The molecule has 0 aliphatic heterocycles. The highest BCUT2D eigenvalue weighted by Gasteiger charge is 2.11. The van der Waals surface area contributed by atoms with Gasteiger partial charge >= 0.3 is 5.76 Å². The van der Waals surface area contributed by atoms with Crippen molar-refractivity contribution in [3.05, 3.63) is 29.0 Å². The molecule has 0 fully saturated rings. The summed E-state index contributed by atoms with van der Waals surface area (Å²) < 4.78 is 10.5. The number of nitrogens with zero attached hydrogens (tertiary/aromatic N) is 2. The Morgan fingerprint density at radius 3 is 3.12 bits per heavy atom. The third kappa shape index (κ3) is 1.45. The van der Waals surface area contributed by atoms with E-state index in [9.17, 15) is 4.79 Å². The molecule has 0 saturated heterocycles. The Kier molecular flexibility index (Phi) is 2.07. The minimum absolute atomic E-state index is 0.404. The highest BCUT2D eigenvalue weighted by atomic mass is 16.5. The largest absolute Gasteiger partial charge is 0.491 e. The molecule has 0 spiro atoms. The molecule has 17 heavy (non-hydrogen) atoms. The number of pyridine rings is 2. The summed E-state index contributed by atoms with van der Waals surface area (Å²) in [6.07, 6.45) is 3.13. The van der Waals surface area contributed by atoms with Crippen LogP contribution in [0.3, 0.4) is 0 Å². The normalized spacial score (nSPS) is 11.1. The van der Waals surface area contributed by atoms with Gasteiger partial charge in [-0.1, -0.05) is 0 Å². The van der Waals surface area contributed by atoms with Crippen molar-refractivity contribution in [3.63, 3.8) is 0 Å². The number of oxazole rings is 1. The van der Waals surface area contributed by atoms with Crippen LogP contribution >= 0.6 is 0 Å². The molecule has 6 heteroatoms. The van der Waals surface area contributed by atoms with Crippen LogP contribution < -0.4 is 10.5 Å². The molecule has 0 aromatic carbocycles. The highest BCUT2D eigenvalue weighted by Crippen LogP contribution is 2.26. The number of aromatic nitrogens is 3. The number of hydrogen-bond acceptors (Lipinski definition) is 5. The Balaban J connectivity index is 2.43. The van der Waals surface area contributed by atoms with E-state index in [2.05, 4.69) is 15.0 Å². The summed E-state index contributed by atoms with van der Waals surface area (Å²) in [6, 6.07) is 1.73. The molecule has 0 bridgehead atoms. The predicted octanol–water partition coefficient (Wildman–Crippen LogP) is 1.46. The van der Waals surface area contributed by atoms with Crippen LogP contribution in [0.4, 0.5) is 0 Å². The lowest BCUT2D eigenvalue weighted by Gasteiger charge is -2.05. The number of nitrogens with one attached hydrogen (secondary N) is 1. The molecule has 3 heterocycles. The van der Waals surface area contributed by atoms with Crippen LogP contribution in [0.1, 0.15) is 6.92 Å². The van der Waals surface area contributed by atoms with Crippen LogP contribution in [-0.2, 0) is 0 Å². The maximum atomic E-state index is 11.1. The number of rotatable bonds is 2. The van der Waals surface area contributed by atoms with Gasteiger partial charge in [0.05, 0.1) is 12.8 Å². The number of H-pyrrole nitrogens is 1. The third-order valence-corrected chi connectivity index (χ3v) is 2.40. The maximum Gasteiger partial charge on any atom is 0.417 e. The summed E-state index contributed by atoms with van der Waals surface area (Å²) in [7, 11) is 0. The monoisotopic (exact) mass is 231 g/mol. The number of fused-ring (bicyclic) bond motifs is 3. The highest BCUT2D eigenvalue weighted by molar-refractivity contribution is 5.99. The van der Waals surface area contributed by atoms with Crippen molar-refractivity contribution in [1.29, 1.82) is 0 Å². The Morgan fingerprint density at radius 1 is 1.41 bits per heavy atom. The van der Waals surface area contributed by atoms with E-state index >= 15 is 0 Å². The van der Waals surface area contributed by atoms with Crippen LogP contribution in [0, 0.1) is 0 Å². The quantitative estimate of drug-likeness (QED) is 0.722. The summed E-state index contributed by atoms with van der Waals surface area (Å²) >= 11 is 0. The van der Waals surface area contributed by atoms with Gasteiger partial charge in [-0.25, -0.2) is 9.78 Å². The standard InChI is InChI=1S/C11H9N3O3/c1-2-16-7-3-4-12-9-8(7)13-5-6-10(9)17-11(15)14-6/h3-5H,2H2,1H3,(H,14,15). The van der Waals surface area contributed by atoms with Gasteiger partial charge in [-0.2, -0.15) is 0 Å². The molecule has 0 amide bonds. The summed E-state index contributed by atoms with van der Waals surface area (Å²) in [5.41, 5.74) is 2.04. The Bertz CT molecular complexity index is 744. The van der Waals surface area contributed by atoms with Crippen molar-refractivity contribution in [2.75, 3.05) is 6.61 Å². The molecule has 86 valence electrons. The molecule has 3 rings (SSSR count). The molecule has 0 aliphatic carbocycles. The molecule has 0 radical (unpaired) electrons. The zero-order chi connectivity index (χ0) is 11.8. The molecule has 3 aromatic heterocycles. The van der Waals surface area contributed by atoms with Gasteiger partial charge < -0.3 is 9.15 Å². The van der Waals surface area contributed by atoms with E-state index in [1.807, 2.05) is 6.92 Å². The zero-order valence-corrected chi connectivity index (χ0v) is 9.06. The SMILES string of the molecule is CCOc1ccnc2c1ncc1[nH]c(=O)oc12. The van der Waals surface area contributed by atoms with Gasteiger partial charge in [0.15, 0.2) is 5.58 Å². The molecule has 1 N–H and O–H groups in total. The van der Waals surface area contributed by atoms with Crippen LogP contribution in [0.2, 0.25) is 0 Å². The predicted molar refractivity (Wildman–Crippen MR) is 61.1 cm³/mol. The Hall–Kier alpha value is -2.37. The van der Waals surface area contributed by atoms with Crippen molar-refractivity contribution in [2.45, 2.75) is 6.92 Å². The van der Waals surface area contributed by atoms with E-state index in [4.69, 9.17) is 9.15 Å². The van der Waals surface area contributed by atoms with Gasteiger partial charge in [0, 0.05) is 12.3 Å². The first kappa shape index (κ1) is 9.83. The van der Waals surface area contributed by atoms with E-state index in [1.54, 1.807) is 12.3 Å². The van der Waals surface area contributed by atoms with E-state index < -0.39 is 5.76 Å². The maximum absolute atomic E-state index is 11.1. The molecule has 0 unspecified atom stereocenters. The average molecular weight is 231 g/mol. The van der Waals surface area contributed by atoms with Crippen LogP contribution in [-0.4, -0.2) is 21.6 Å².